The van der Waals surface area contributed by atoms with Crippen LogP contribution in [-0.2, 0) is 4.79 Å². The molecule has 0 N–H and O–H groups in total. The van der Waals surface area contributed by atoms with E-state index in [9.17, 15) is 4.79 Å². The van der Waals surface area contributed by atoms with Gasteiger partial charge in [0.25, 0.3) is 5.91 Å². The van der Waals surface area contributed by atoms with Crippen LogP contribution < -0.4 is 9.47 Å². The molecule has 0 aromatic heterocycles. The van der Waals surface area contributed by atoms with Crippen molar-refractivity contribution in [2.75, 3.05) is 47.4 Å². The Balaban J connectivity index is 1.74. The fraction of sp³-hybridized carbons (Fsp3) is 0.412. The third-order valence-electron chi connectivity index (χ3n) is 4.09. The minimum atomic E-state index is -0.177. The molecule has 1 fully saturated rings. The molecule has 0 unspecified atom stereocenters. The molecule has 0 atom stereocenters. The highest BCUT2D eigenvalue weighted by atomic mass is 32.2. The summed E-state index contributed by atoms with van der Waals surface area (Å²) in [6, 6.07) is 5.58. The summed E-state index contributed by atoms with van der Waals surface area (Å²) in [6.07, 6.45) is 1.85. The molecule has 0 bridgehead atoms. The van der Waals surface area contributed by atoms with Crippen molar-refractivity contribution in [1.29, 1.82) is 0 Å². The summed E-state index contributed by atoms with van der Waals surface area (Å²) >= 11 is 1.44. The number of piperazine rings is 1. The number of aliphatic imine (C=N–C) groups is 1. The van der Waals surface area contributed by atoms with Crippen molar-refractivity contribution in [2.24, 2.45) is 4.99 Å². The number of ether oxygens (including phenoxy) is 2. The maximum atomic E-state index is 12.2. The first-order valence-corrected chi connectivity index (χ1v) is 8.60. The monoisotopic (exact) mass is 347 g/mol. The van der Waals surface area contributed by atoms with E-state index in [0.29, 0.717) is 16.4 Å². The van der Waals surface area contributed by atoms with Crippen molar-refractivity contribution >= 4 is 28.9 Å². The lowest BCUT2D eigenvalue weighted by Crippen LogP contribution is -2.46. The highest BCUT2D eigenvalue weighted by Crippen LogP contribution is 2.33. The van der Waals surface area contributed by atoms with Gasteiger partial charge in [-0.2, -0.15) is 4.99 Å². The van der Waals surface area contributed by atoms with Crippen LogP contribution in [0.4, 0.5) is 0 Å². The number of carbonyl (C=O) groups excluding carboxylic acids is 1. The molecule has 1 amide bonds. The third-order valence-corrected chi connectivity index (χ3v) is 5.13. The highest BCUT2D eigenvalue weighted by molar-refractivity contribution is 8.18. The Morgan fingerprint density at radius 3 is 2.50 bits per heavy atom. The second-order valence-electron chi connectivity index (χ2n) is 5.71. The summed E-state index contributed by atoms with van der Waals surface area (Å²) in [4.78, 5) is 21.5. The first-order chi connectivity index (χ1) is 11.6. The molecule has 1 saturated heterocycles. The van der Waals surface area contributed by atoms with Crippen LogP contribution in [0.5, 0.6) is 11.5 Å². The second kappa shape index (κ2) is 7.27. The Morgan fingerprint density at radius 1 is 1.12 bits per heavy atom. The molecule has 0 saturated carbocycles. The van der Waals surface area contributed by atoms with Gasteiger partial charge in [-0.1, -0.05) is 6.07 Å². The number of rotatable bonds is 3. The van der Waals surface area contributed by atoms with Gasteiger partial charge >= 0.3 is 0 Å². The topological polar surface area (TPSA) is 54.4 Å². The molecule has 2 aliphatic rings. The van der Waals surface area contributed by atoms with Gasteiger partial charge in [0.2, 0.25) is 0 Å². The number of benzene rings is 1. The van der Waals surface area contributed by atoms with Crippen LogP contribution in [0.3, 0.4) is 0 Å². The first kappa shape index (κ1) is 16.9. The van der Waals surface area contributed by atoms with Crippen molar-refractivity contribution in [3.8, 4) is 11.5 Å². The SMILES string of the molecule is COc1ccc(/C=C2/SC(N3CCN(C)CC3)=NC2=O)cc1OC. The Kier molecular flexibility index (Phi) is 5.11. The van der Waals surface area contributed by atoms with Crippen LogP contribution >= 0.6 is 11.8 Å². The summed E-state index contributed by atoms with van der Waals surface area (Å²) in [7, 11) is 5.30. The predicted molar refractivity (Wildman–Crippen MR) is 96.6 cm³/mol. The fourth-order valence-electron chi connectivity index (χ4n) is 2.62. The molecule has 1 aromatic carbocycles. The van der Waals surface area contributed by atoms with E-state index in [1.807, 2.05) is 24.3 Å². The summed E-state index contributed by atoms with van der Waals surface area (Å²) < 4.78 is 10.5. The van der Waals surface area contributed by atoms with Crippen molar-refractivity contribution < 1.29 is 14.3 Å². The summed E-state index contributed by atoms with van der Waals surface area (Å²) in [6.45, 7) is 3.78. The first-order valence-electron chi connectivity index (χ1n) is 7.79. The summed E-state index contributed by atoms with van der Waals surface area (Å²) in [5.41, 5.74) is 0.887. The molecule has 0 aliphatic carbocycles. The van der Waals surface area contributed by atoms with Crippen LogP contribution in [0, 0.1) is 0 Å². The lowest BCUT2D eigenvalue weighted by molar-refractivity contribution is -0.113. The third kappa shape index (κ3) is 3.57. The predicted octanol–water partition coefficient (Wildman–Crippen LogP) is 1.92. The smallest absolute Gasteiger partial charge is 0.286 e. The van der Waals surface area contributed by atoms with Gasteiger partial charge in [0.15, 0.2) is 16.7 Å². The fourth-order valence-corrected chi connectivity index (χ4v) is 3.59. The Hall–Kier alpha value is -1.99. The number of hydrogen-bond donors (Lipinski definition) is 0. The number of thioether (sulfide) groups is 1. The highest BCUT2D eigenvalue weighted by Gasteiger charge is 2.27. The number of methoxy groups -OCH3 is 2. The zero-order valence-corrected chi connectivity index (χ0v) is 14.9. The molecule has 7 heteroatoms. The van der Waals surface area contributed by atoms with Crippen molar-refractivity contribution in [1.82, 2.24) is 9.80 Å². The van der Waals surface area contributed by atoms with E-state index >= 15 is 0 Å². The number of hydrogen-bond acceptors (Lipinski definition) is 6. The van der Waals surface area contributed by atoms with Crippen LogP contribution in [-0.4, -0.2) is 68.3 Å². The average molecular weight is 347 g/mol. The van der Waals surface area contributed by atoms with Gasteiger partial charge in [0.05, 0.1) is 19.1 Å². The minimum Gasteiger partial charge on any atom is -0.493 e. The molecular weight excluding hydrogens is 326 g/mol. The van der Waals surface area contributed by atoms with Crippen molar-refractivity contribution in [3.05, 3.63) is 28.7 Å². The van der Waals surface area contributed by atoms with Gasteiger partial charge in [-0.05, 0) is 42.6 Å². The lowest BCUT2D eigenvalue weighted by Gasteiger charge is -2.32. The van der Waals surface area contributed by atoms with E-state index in [1.54, 1.807) is 14.2 Å². The van der Waals surface area contributed by atoms with Gasteiger partial charge in [-0.25, -0.2) is 0 Å². The van der Waals surface area contributed by atoms with E-state index in [4.69, 9.17) is 9.47 Å². The van der Waals surface area contributed by atoms with E-state index in [1.165, 1.54) is 11.8 Å². The van der Waals surface area contributed by atoms with Gasteiger partial charge < -0.3 is 19.3 Å². The standard InChI is InChI=1S/C17H21N3O3S/c1-19-6-8-20(9-7-19)17-18-16(21)15(24-17)11-12-4-5-13(22-2)14(10-12)23-3/h4-5,10-11H,6-9H2,1-3H3/b15-11+. The number of carbonyl (C=O) groups is 1. The Bertz CT molecular complexity index is 694. The Morgan fingerprint density at radius 2 is 1.83 bits per heavy atom. The van der Waals surface area contributed by atoms with Crippen molar-refractivity contribution in [3.63, 3.8) is 0 Å². The van der Waals surface area contributed by atoms with E-state index in [0.717, 1.165) is 36.9 Å². The number of likely N-dealkylation sites (N-methyl/N-ethyl adjacent to an activating group) is 1. The minimum absolute atomic E-state index is 0.177. The zero-order chi connectivity index (χ0) is 17.1. The van der Waals surface area contributed by atoms with E-state index in [2.05, 4.69) is 21.8 Å². The van der Waals surface area contributed by atoms with Crippen LogP contribution in [0.15, 0.2) is 28.1 Å². The normalized spacial score (nSPS) is 20.5. The van der Waals surface area contributed by atoms with Gasteiger partial charge in [0, 0.05) is 26.2 Å². The largest absolute Gasteiger partial charge is 0.493 e. The van der Waals surface area contributed by atoms with Gasteiger partial charge in [-0.3, -0.25) is 4.79 Å². The molecule has 2 heterocycles. The molecule has 0 spiro atoms. The van der Waals surface area contributed by atoms with Crippen LogP contribution in [0.2, 0.25) is 0 Å². The van der Waals surface area contributed by atoms with E-state index < -0.39 is 0 Å². The summed E-state index contributed by atoms with van der Waals surface area (Å²) in [5, 5.41) is 0.805. The molecule has 6 nitrogen and oxygen atoms in total. The van der Waals surface area contributed by atoms with E-state index in [-0.39, 0.29) is 5.91 Å². The van der Waals surface area contributed by atoms with Crippen molar-refractivity contribution in [2.45, 2.75) is 0 Å². The van der Waals surface area contributed by atoms with Crippen LogP contribution in [0.1, 0.15) is 5.56 Å². The number of amidine groups is 1. The molecule has 1 aromatic rings. The second-order valence-corrected chi connectivity index (χ2v) is 6.72. The lowest BCUT2D eigenvalue weighted by atomic mass is 10.2. The molecule has 0 radical (unpaired) electrons. The van der Waals surface area contributed by atoms with Gasteiger partial charge in [-0.15, -0.1) is 0 Å². The quantitative estimate of drug-likeness (QED) is 0.779. The zero-order valence-electron chi connectivity index (χ0n) is 14.1. The average Bonchev–Trinajstić information content (AvgIpc) is 2.96. The number of amides is 1. The molecule has 128 valence electrons. The molecule has 24 heavy (non-hydrogen) atoms. The maximum absolute atomic E-state index is 12.2. The van der Waals surface area contributed by atoms with Crippen LogP contribution in [0.25, 0.3) is 6.08 Å². The molecular formula is C17H21N3O3S. The Labute approximate surface area is 146 Å². The molecule has 3 rings (SSSR count). The van der Waals surface area contributed by atoms with Gasteiger partial charge in [0.1, 0.15) is 0 Å². The number of nitrogens with zero attached hydrogens (tertiary/aromatic N) is 3. The molecule has 2 aliphatic heterocycles. The summed E-state index contributed by atoms with van der Waals surface area (Å²) in [5.74, 6) is 1.13. The maximum Gasteiger partial charge on any atom is 0.286 e.